The summed E-state index contributed by atoms with van der Waals surface area (Å²) in [6, 6.07) is 14.5. The van der Waals surface area contributed by atoms with Crippen LogP contribution >= 0.6 is 0 Å². The number of aromatic nitrogens is 3. The second-order valence-corrected chi connectivity index (χ2v) is 7.71. The highest BCUT2D eigenvalue weighted by Crippen LogP contribution is 2.38. The van der Waals surface area contributed by atoms with Crippen molar-refractivity contribution in [1.82, 2.24) is 15.0 Å². The molecule has 0 bridgehead atoms. The van der Waals surface area contributed by atoms with Crippen LogP contribution in [0.3, 0.4) is 0 Å². The van der Waals surface area contributed by atoms with Crippen LogP contribution in [0, 0.1) is 0 Å². The van der Waals surface area contributed by atoms with Gasteiger partial charge in [0.2, 0.25) is 0 Å². The minimum absolute atomic E-state index is 0.357. The number of urea groups is 1. The highest BCUT2D eigenvalue weighted by molar-refractivity contribution is 6.03. The lowest BCUT2D eigenvalue weighted by molar-refractivity contribution is 0.259. The first-order valence-corrected chi connectivity index (χ1v) is 10.4. The molecule has 2 amide bonds. The van der Waals surface area contributed by atoms with E-state index >= 15 is 0 Å². The number of nitrogens with one attached hydrogen (secondary N) is 2. The number of carbonyl (C=O) groups excluding carboxylic acids is 1. The van der Waals surface area contributed by atoms with Gasteiger partial charge in [0.05, 0.1) is 23.8 Å². The van der Waals surface area contributed by atoms with Crippen LogP contribution in [0.25, 0.3) is 10.8 Å². The van der Waals surface area contributed by atoms with E-state index in [-0.39, 0.29) is 0 Å². The van der Waals surface area contributed by atoms with Gasteiger partial charge in [-0.3, -0.25) is 4.98 Å². The number of fused-ring (bicyclic) bond motifs is 1. The number of primary amides is 1. The third-order valence-corrected chi connectivity index (χ3v) is 5.28. The fraction of sp³-hybridized carbons (Fsp3) is 0.167. The smallest absolute Gasteiger partial charge is 0.316 e. The fourth-order valence-electron chi connectivity index (χ4n) is 3.56. The largest absolute Gasteiger partial charge is 0.488 e. The summed E-state index contributed by atoms with van der Waals surface area (Å²) in [5.41, 5.74) is 7.93. The summed E-state index contributed by atoms with van der Waals surface area (Å²) in [6.07, 6.45) is 7.70. The van der Waals surface area contributed by atoms with Gasteiger partial charge in [0.15, 0.2) is 0 Å². The van der Waals surface area contributed by atoms with Crippen LogP contribution in [0.5, 0.6) is 5.75 Å². The number of anilines is 3. The molecule has 0 radical (unpaired) electrons. The molecule has 0 saturated heterocycles. The number of ether oxygens (including phenoxy) is 1. The third-order valence-electron chi connectivity index (χ3n) is 5.28. The molecule has 0 spiro atoms. The molecule has 1 aliphatic rings. The van der Waals surface area contributed by atoms with Gasteiger partial charge in [-0.25, -0.2) is 14.8 Å². The average Bonchev–Trinajstić information content (AvgIpc) is 3.65. The zero-order valence-electron chi connectivity index (χ0n) is 17.3. The van der Waals surface area contributed by atoms with Crippen molar-refractivity contribution in [2.24, 2.45) is 5.73 Å². The Morgan fingerprint density at radius 1 is 1.00 bits per heavy atom. The molecule has 1 saturated carbocycles. The van der Waals surface area contributed by atoms with E-state index in [1.165, 1.54) is 12.8 Å². The van der Waals surface area contributed by atoms with Crippen molar-refractivity contribution in [2.45, 2.75) is 25.4 Å². The average molecular weight is 426 g/mol. The van der Waals surface area contributed by atoms with Crippen molar-refractivity contribution < 1.29 is 9.53 Å². The van der Waals surface area contributed by atoms with E-state index in [2.05, 4.69) is 25.6 Å². The Balaban J connectivity index is 1.30. The molecule has 2 aromatic heterocycles. The molecule has 2 heterocycles. The van der Waals surface area contributed by atoms with Crippen molar-refractivity contribution in [2.75, 3.05) is 10.6 Å². The van der Waals surface area contributed by atoms with E-state index in [0.29, 0.717) is 35.6 Å². The van der Waals surface area contributed by atoms with Crippen molar-refractivity contribution in [3.05, 3.63) is 78.4 Å². The first-order chi connectivity index (χ1) is 15.7. The number of carbonyl (C=O) groups is 1. The van der Waals surface area contributed by atoms with Gasteiger partial charge in [0.25, 0.3) is 0 Å². The molecule has 8 nitrogen and oxygen atoms in total. The Bertz CT molecular complexity index is 1270. The van der Waals surface area contributed by atoms with Crippen molar-refractivity contribution >= 4 is 34.1 Å². The Labute approximate surface area is 184 Å². The molecular formula is C24H22N6O2. The molecule has 32 heavy (non-hydrogen) atoms. The van der Waals surface area contributed by atoms with Crippen LogP contribution in [0.15, 0.2) is 67.1 Å². The second kappa shape index (κ2) is 8.50. The minimum atomic E-state index is -0.604. The van der Waals surface area contributed by atoms with Crippen molar-refractivity contribution in [3.8, 4) is 5.75 Å². The summed E-state index contributed by atoms with van der Waals surface area (Å²) in [5, 5.41) is 7.58. The second-order valence-electron chi connectivity index (χ2n) is 7.71. The van der Waals surface area contributed by atoms with Gasteiger partial charge in [-0.05, 0) is 42.7 Å². The summed E-state index contributed by atoms with van der Waals surface area (Å²) in [7, 11) is 0. The highest BCUT2D eigenvalue weighted by Gasteiger charge is 2.25. The molecule has 0 unspecified atom stereocenters. The Morgan fingerprint density at radius 3 is 2.59 bits per heavy atom. The number of amides is 2. The minimum Gasteiger partial charge on any atom is -0.488 e. The zero-order chi connectivity index (χ0) is 21.9. The fourth-order valence-corrected chi connectivity index (χ4v) is 3.56. The van der Waals surface area contributed by atoms with Crippen LogP contribution < -0.4 is 21.1 Å². The van der Waals surface area contributed by atoms with Gasteiger partial charge in [0, 0.05) is 22.9 Å². The Kier molecular flexibility index (Phi) is 5.25. The molecule has 160 valence electrons. The van der Waals surface area contributed by atoms with Crippen LogP contribution in [-0.4, -0.2) is 21.0 Å². The molecular weight excluding hydrogens is 404 g/mol. The van der Waals surface area contributed by atoms with E-state index in [0.717, 1.165) is 22.0 Å². The lowest BCUT2D eigenvalue weighted by Gasteiger charge is -2.13. The molecule has 1 fully saturated rings. The van der Waals surface area contributed by atoms with Crippen molar-refractivity contribution in [3.63, 3.8) is 0 Å². The van der Waals surface area contributed by atoms with Crippen LogP contribution in [0.1, 0.15) is 30.0 Å². The SMILES string of the molecule is NC(=O)Nc1ccc(OCc2ccnc(Nc3cnc(C4CC4)cn3)c2)c2ccccc12. The summed E-state index contributed by atoms with van der Waals surface area (Å²) >= 11 is 0. The van der Waals surface area contributed by atoms with Crippen LogP contribution in [0.2, 0.25) is 0 Å². The molecule has 5 rings (SSSR count). The number of hydrogen-bond donors (Lipinski definition) is 3. The number of benzene rings is 2. The number of rotatable bonds is 7. The summed E-state index contributed by atoms with van der Waals surface area (Å²) in [6.45, 7) is 0.357. The maximum atomic E-state index is 11.3. The number of pyridine rings is 1. The predicted molar refractivity (Wildman–Crippen MR) is 123 cm³/mol. The summed E-state index contributed by atoms with van der Waals surface area (Å²) in [4.78, 5) is 24.6. The summed E-state index contributed by atoms with van der Waals surface area (Å²) < 4.78 is 6.09. The third kappa shape index (κ3) is 4.44. The van der Waals surface area contributed by atoms with Gasteiger partial charge < -0.3 is 21.1 Å². The monoisotopic (exact) mass is 426 g/mol. The maximum absolute atomic E-state index is 11.3. The standard InChI is InChI=1S/C24H22N6O2/c25-24(31)29-19-7-8-21(18-4-2-1-3-17(18)19)32-14-15-9-10-26-22(11-15)30-23-13-27-20(12-28-23)16-5-6-16/h1-4,7-13,16H,5-6,14H2,(H3,25,29,31)(H,26,28,30). The molecule has 1 aliphatic carbocycles. The Hall–Kier alpha value is -4.20. The number of hydrogen-bond acceptors (Lipinski definition) is 6. The van der Waals surface area contributed by atoms with Crippen LogP contribution in [0.4, 0.5) is 22.1 Å². The molecule has 8 heteroatoms. The number of nitrogens with two attached hydrogens (primary N) is 1. The maximum Gasteiger partial charge on any atom is 0.316 e. The molecule has 0 aliphatic heterocycles. The lowest BCUT2D eigenvalue weighted by atomic mass is 10.1. The first kappa shape index (κ1) is 19.7. The summed E-state index contributed by atoms with van der Waals surface area (Å²) in [5.74, 6) is 2.62. The molecule has 0 atom stereocenters. The van der Waals surface area contributed by atoms with E-state index in [1.54, 1.807) is 18.5 Å². The van der Waals surface area contributed by atoms with E-state index < -0.39 is 6.03 Å². The van der Waals surface area contributed by atoms with Gasteiger partial charge in [-0.2, -0.15) is 0 Å². The molecule has 2 aromatic carbocycles. The van der Waals surface area contributed by atoms with Gasteiger partial charge >= 0.3 is 6.03 Å². The molecule has 4 aromatic rings. The Morgan fingerprint density at radius 2 is 1.84 bits per heavy atom. The highest BCUT2D eigenvalue weighted by atomic mass is 16.5. The van der Waals surface area contributed by atoms with Gasteiger partial charge in [0.1, 0.15) is 24.0 Å². The van der Waals surface area contributed by atoms with E-state index in [9.17, 15) is 4.79 Å². The number of nitrogens with zero attached hydrogens (tertiary/aromatic N) is 3. The van der Waals surface area contributed by atoms with E-state index in [4.69, 9.17) is 10.5 Å². The van der Waals surface area contributed by atoms with Crippen LogP contribution in [-0.2, 0) is 6.61 Å². The molecule has 4 N–H and O–H groups in total. The first-order valence-electron chi connectivity index (χ1n) is 10.4. The normalized spacial score (nSPS) is 13.0. The lowest BCUT2D eigenvalue weighted by Crippen LogP contribution is -2.19. The van der Waals surface area contributed by atoms with E-state index in [1.807, 2.05) is 48.7 Å². The van der Waals surface area contributed by atoms with Crippen molar-refractivity contribution in [1.29, 1.82) is 0 Å². The van der Waals surface area contributed by atoms with Gasteiger partial charge in [-0.15, -0.1) is 0 Å². The quantitative estimate of drug-likeness (QED) is 0.394. The topological polar surface area (TPSA) is 115 Å². The predicted octanol–water partition coefficient (Wildman–Crippen LogP) is 4.72. The van der Waals surface area contributed by atoms with Gasteiger partial charge in [-0.1, -0.05) is 24.3 Å². The zero-order valence-corrected chi connectivity index (χ0v) is 17.3.